The van der Waals surface area contributed by atoms with Gasteiger partial charge in [0.15, 0.2) is 6.61 Å². The third kappa shape index (κ3) is 5.64. The second-order valence-electron chi connectivity index (χ2n) is 5.43. The molecule has 126 valence electrons. The van der Waals surface area contributed by atoms with Crippen molar-refractivity contribution in [3.8, 4) is 5.75 Å². The summed E-state index contributed by atoms with van der Waals surface area (Å²) in [5, 5.41) is 0. The van der Waals surface area contributed by atoms with Crippen LogP contribution in [0.3, 0.4) is 0 Å². The van der Waals surface area contributed by atoms with Gasteiger partial charge in [0.1, 0.15) is 17.3 Å². The standard InChI is InChI=1S/C18H20N2O4/c1-12-8-13(2)10-16(9-12)23-11-18(22)20-19-17(21)7-6-15-5-4-14(3)24-15/h4-10H,11H2,1-3H3,(H,19,21)(H,20,22). The zero-order chi connectivity index (χ0) is 17.5. The minimum atomic E-state index is -0.469. The number of ether oxygens (including phenoxy) is 1. The van der Waals surface area contributed by atoms with Gasteiger partial charge < -0.3 is 9.15 Å². The summed E-state index contributed by atoms with van der Waals surface area (Å²) in [5.41, 5.74) is 6.66. The van der Waals surface area contributed by atoms with Gasteiger partial charge in [-0.15, -0.1) is 0 Å². The molecule has 0 unspecified atom stereocenters. The van der Waals surface area contributed by atoms with Crippen LogP contribution in [0.1, 0.15) is 22.6 Å². The van der Waals surface area contributed by atoms with Gasteiger partial charge in [-0.25, -0.2) is 0 Å². The topological polar surface area (TPSA) is 80.6 Å². The van der Waals surface area contributed by atoms with Crippen molar-refractivity contribution in [1.82, 2.24) is 10.9 Å². The van der Waals surface area contributed by atoms with Crippen LogP contribution in [-0.2, 0) is 9.59 Å². The average Bonchev–Trinajstić information content (AvgIpc) is 2.93. The lowest BCUT2D eigenvalue weighted by molar-refractivity contribution is -0.128. The van der Waals surface area contributed by atoms with Gasteiger partial charge >= 0.3 is 0 Å². The highest BCUT2D eigenvalue weighted by Crippen LogP contribution is 2.15. The molecule has 1 aromatic carbocycles. The highest BCUT2D eigenvalue weighted by Gasteiger charge is 2.05. The Morgan fingerprint density at radius 2 is 1.79 bits per heavy atom. The van der Waals surface area contributed by atoms with Crippen LogP contribution < -0.4 is 15.6 Å². The lowest BCUT2D eigenvalue weighted by Gasteiger charge is -2.09. The number of nitrogens with one attached hydrogen (secondary N) is 2. The molecule has 2 aromatic rings. The SMILES string of the molecule is Cc1cc(C)cc(OCC(=O)NNC(=O)C=Cc2ccc(C)o2)c1. The summed E-state index contributed by atoms with van der Waals surface area (Å²) in [6, 6.07) is 9.24. The van der Waals surface area contributed by atoms with Gasteiger partial charge in [0.05, 0.1) is 0 Å². The molecule has 24 heavy (non-hydrogen) atoms. The van der Waals surface area contributed by atoms with Crippen molar-refractivity contribution < 1.29 is 18.7 Å². The van der Waals surface area contributed by atoms with Gasteiger partial charge in [-0.2, -0.15) is 0 Å². The molecule has 1 aromatic heterocycles. The molecule has 0 aliphatic heterocycles. The van der Waals surface area contributed by atoms with E-state index in [1.165, 1.54) is 12.2 Å². The van der Waals surface area contributed by atoms with Gasteiger partial charge in [0, 0.05) is 6.08 Å². The molecule has 2 N–H and O–H groups in total. The van der Waals surface area contributed by atoms with Crippen molar-refractivity contribution in [2.75, 3.05) is 6.61 Å². The summed E-state index contributed by atoms with van der Waals surface area (Å²) in [5.74, 6) is 1.01. The fourth-order valence-corrected chi connectivity index (χ4v) is 2.07. The highest BCUT2D eigenvalue weighted by atomic mass is 16.5. The Labute approximate surface area is 140 Å². The van der Waals surface area contributed by atoms with Gasteiger partial charge in [-0.05, 0) is 62.2 Å². The van der Waals surface area contributed by atoms with Gasteiger partial charge in [-0.3, -0.25) is 20.4 Å². The minimum absolute atomic E-state index is 0.190. The van der Waals surface area contributed by atoms with Crippen LogP contribution in [0.5, 0.6) is 5.75 Å². The Kier molecular flexibility index (Phi) is 5.78. The molecule has 0 fully saturated rings. The number of benzene rings is 1. The van der Waals surface area contributed by atoms with E-state index < -0.39 is 11.8 Å². The van der Waals surface area contributed by atoms with Crippen LogP contribution in [0.4, 0.5) is 0 Å². The monoisotopic (exact) mass is 328 g/mol. The van der Waals surface area contributed by atoms with Crippen LogP contribution in [0.25, 0.3) is 6.08 Å². The molecule has 0 aliphatic rings. The molecule has 0 spiro atoms. The van der Waals surface area contributed by atoms with Crippen molar-refractivity contribution in [2.45, 2.75) is 20.8 Å². The van der Waals surface area contributed by atoms with Crippen LogP contribution in [-0.4, -0.2) is 18.4 Å². The molecule has 0 saturated carbocycles. The first-order valence-electron chi connectivity index (χ1n) is 7.47. The molecule has 2 amide bonds. The molecular weight excluding hydrogens is 308 g/mol. The van der Waals surface area contributed by atoms with Crippen LogP contribution >= 0.6 is 0 Å². The van der Waals surface area contributed by atoms with E-state index in [2.05, 4.69) is 10.9 Å². The van der Waals surface area contributed by atoms with Gasteiger partial charge in [0.25, 0.3) is 11.8 Å². The average molecular weight is 328 g/mol. The number of amides is 2. The second-order valence-corrected chi connectivity index (χ2v) is 5.43. The van der Waals surface area contributed by atoms with Crippen molar-refractivity contribution in [2.24, 2.45) is 0 Å². The van der Waals surface area contributed by atoms with Crippen molar-refractivity contribution in [3.63, 3.8) is 0 Å². The first-order valence-corrected chi connectivity index (χ1v) is 7.47. The van der Waals surface area contributed by atoms with E-state index >= 15 is 0 Å². The predicted octanol–water partition coefficient (Wildman–Crippen LogP) is 2.44. The maximum Gasteiger partial charge on any atom is 0.276 e. The largest absolute Gasteiger partial charge is 0.484 e. The summed E-state index contributed by atoms with van der Waals surface area (Å²) in [6.07, 6.45) is 2.78. The van der Waals surface area contributed by atoms with E-state index in [0.717, 1.165) is 16.9 Å². The zero-order valence-electron chi connectivity index (χ0n) is 13.9. The molecule has 2 rings (SSSR count). The summed E-state index contributed by atoms with van der Waals surface area (Å²) in [4.78, 5) is 23.3. The normalized spacial score (nSPS) is 10.6. The van der Waals surface area contributed by atoms with Crippen molar-refractivity contribution >= 4 is 17.9 Å². The molecule has 6 heteroatoms. The van der Waals surface area contributed by atoms with Gasteiger partial charge in [-0.1, -0.05) is 6.07 Å². The summed E-state index contributed by atoms with van der Waals surface area (Å²) >= 11 is 0. The predicted molar refractivity (Wildman–Crippen MR) is 90.2 cm³/mol. The molecule has 0 aliphatic carbocycles. The van der Waals surface area contributed by atoms with E-state index in [9.17, 15) is 9.59 Å². The van der Waals surface area contributed by atoms with Crippen LogP contribution in [0, 0.1) is 20.8 Å². The molecule has 1 heterocycles. The number of hydrogen-bond donors (Lipinski definition) is 2. The third-order valence-electron chi connectivity index (χ3n) is 3.05. The molecule has 0 saturated heterocycles. The van der Waals surface area contributed by atoms with E-state index in [-0.39, 0.29) is 6.61 Å². The number of carbonyl (C=O) groups is 2. The highest BCUT2D eigenvalue weighted by molar-refractivity contribution is 5.92. The maximum absolute atomic E-state index is 11.7. The van der Waals surface area contributed by atoms with Crippen LogP contribution in [0.2, 0.25) is 0 Å². The van der Waals surface area contributed by atoms with Crippen molar-refractivity contribution in [3.05, 3.63) is 59.1 Å². The minimum Gasteiger partial charge on any atom is -0.484 e. The van der Waals surface area contributed by atoms with E-state index in [0.29, 0.717) is 11.5 Å². The van der Waals surface area contributed by atoms with E-state index in [4.69, 9.17) is 9.15 Å². The number of furan rings is 1. The fraction of sp³-hybridized carbons (Fsp3) is 0.222. The number of carbonyl (C=O) groups excluding carboxylic acids is 2. The van der Waals surface area contributed by atoms with E-state index in [1.807, 2.05) is 39.0 Å². The first kappa shape index (κ1) is 17.3. The van der Waals surface area contributed by atoms with Crippen molar-refractivity contribution in [1.29, 1.82) is 0 Å². The summed E-state index contributed by atoms with van der Waals surface area (Å²) < 4.78 is 10.7. The maximum atomic E-state index is 11.7. The summed E-state index contributed by atoms with van der Waals surface area (Å²) in [6.45, 7) is 5.53. The Balaban J connectivity index is 1.74. The van der Waals surface area contributed by atoms with E-state index in [1.54, 1.807) is 12.1 Å². The molecule has 0 bridgehead atoms. The second kappa shape index (κ2) is 8.01. The summed E-state index contributed by atoms with van der Waals surface area (Å²) in [7, 11) is 0. The lowest BCUT2D eigenvalue weighted by Crippen LogP contribution is -2.43. The zero-order valence-corrected chi connectivity index (χ0v) is 13.9. The smallest absolute Gasteiger partial charge is 0.276 e. The van der Waals surface area contributed by atoms with Gasteiger partial charge in [0.2, 0.25) is 0 Å². The molecule has 0 radical (unpaired) electrons. The Bertz CT molecular complexity index is 742. The lowest BCUT2D eigenvalue weighted by atomic mass is 10.1. The Morgan fingerprint density at radius 1 is 1.08 bits per heavy atom. The number of rotatable bonds is 5. The molecule has 0 atom stereocenters. The Morgan fingerprint density at radius 3 is 2.42 bits per heavy atom. The Hall–Kier alpha value is -3.02. The molecular formula is C18H20N2O4. The molecule has 6 nitrogen and oxygen atoms in total. The van der Waals surface area contributed by atoms with Crippen LogP contribution in [0.15, 0.2) is 40.8 Å². The fourth-order valence-electron chi connectivity index (χ4n) is 2.07. The quantitative estimate of drug-likeness (QED) is 0.652. The number of hydrazine groups is 1. The number of hydrogen-bond acceptors (Lipinski definition) is 4. The first-order chi connectivity index (χ1) is 11.4. The third-order valence-corrected chi connectivity index (χ3v) is 3.05. The number of aryl methyl sites for hydroxylation is 3.